The van der Waals surface area contributed by atoms with E-state index in [0.717, 1.165) is 17.1 Å². The van der Waals surface area contributed by atoms with Crippen LogP contribution >= 0.6 is 12.2 Å². The highest BCUT2D eigenvalue weighted by Gasteiger charge is 2.40. The fourth-order valence-corrected chi connectivity index (χ4v) is 4.00. The first kappa shape index (κ1) is 17.7. The molecule has 1 fully saturated rings. The van der Waals surface area contributed by atoms with Gasteiger partial charge in [0.15, 0.2) is 5.11 Å². The van der Waals surface area contributed by atoms with E-state index in [9.17, 15) is 5.11 Å². The number of para-hydroxylation sites is 1. The standard InChI is InChI=1S/C21H22N4OS/c26-15-7-14-25-20(19(23-21(25)27)17-10-4-5-12-22-17)18-11-6-13-24(18)16-8-2-1-3-9-16/h1-6,8-13,19-20,26H,7,14-15H2,(H,23,27)/t19-,20-/m0/s1. The molecule has 3 heterocycles. The highest BCUT2D eigenvalue weighted by molar-refractivity contribution is 7.80. The highest BCUT2D eigenvalue weighted by Crippen LogP contribution is 2.39. The van der Waals surface area contributed by atoms with E-state index in [4.69, 9.17) is 12.2 Å². The van der Waals surface area contributed by atoms with E-state index >= 15 is 0 Å². The number of aliphatic hydroxyl groups is 1. The monoisotopic (exact) mass is 378 g/mol. The second-order valence-corrected chi connectivity index (χ2v) is 6.92. The van der Waals surface area contributed by atoms with Crippen molar-refractivity contribution in [3.63, 3.8) is 0 Å². The van der Waals surface area contributed by atoms with Gasteiger partial charge in [-0.15, -0.1) is 0 Å². The quantitative estimate of drug-likeness (QED) is 0.645. The number of hydrogen-bond acceptors (Lipinski definition) is 3. The highest BCUT2D eigenvalue weighted by atomic mass is 32.1. The number of hydrogen-bond donors (Lipinski definition) is 2. The number of rotatable bonds is 6. The Kier molecular flexibility index (Phi) is 5.18. The van der Waals surface area contributed by atoms with Gasteiger partial charge in [0.1, 0.15) is 0 Å². The van der Waals surface area contributed by atoms with E-state index in [-0.39, 0.29) is 18.7 Å². The molecule has 0 saturated carbocycles. The molecule has 0 spiro atoms. The lowest BCUT2D eigenvalue weighted by Gasteiger charge is -2.28. The van der Waals surface area contributed by atoms with Gasteiger partial charge in [-0.1, -0.05) is 24.3 Å². The summed E-state index contributed by atoms with van der Waals surface area (Å²) in [5, 5.41) is 13.5. The van der Waals surface area contributed by atoms with Gasteiger partial charge < -0.3 is 19.9 Å². The molecule has 0 bridgehead atoms. The Balaban J connectivity index is 1.78. The molecule has 1 aliphatic heterocycles. The summed E-state index contributed by atoms with van der Waals surface area (Å²) in [7, 11) is 0. The number of nitrogens with one attached hydrogen (secondary N) is 1. The summed E-state index contributed by atoms with van der Waals surface area (Å²) in [5.41, 5.74) is 3.21. The van der Waals surface area contributed by atoms with E-state index in [0.29, 0.717) is 18.1 Å². The average Bonchev–Trinajstić information content (AvgIpc) is 3.32. The predicted molar refractivity (Wildman–Crippen MR) is 110 cm³/mol. The van der Waals surface area contributed by atoms with Gasteiger partial charge in [0, 0.05) is 36.9 Å². The maximum atomic E-state index is 9.34. The largest absolute Gasteiger partial charge is 0.396 e. The summed E-state index contributed by atoms with van der Waals surface area (Å²) < 4.78 is 2.20. The van der Waals surface area contributed by atoms with Gasteiger partial charge in [0.2, 0.25) is 0 Å². The smallest absolute Gasteiger partial charge is 0.170 e. The molecule has 1 aliphatic rings. The van der Waals surface area contributed by atoms with Crippen molar-refractivity contribution in [1.82, 2.24) is 19.8 Å². The first-order valence-electron chi connectivity index (χ1n) is 9.11. The first-order chi connectivity index (χ1) is 13.3. The fourth-order valence-electron chi connectivity index (χ4n) is 3.67. The molecule has 0 amide bonds. The average molecular weight is 379 g/mol. The summed E-state index contributed by atoms with van der Waals surface area (Å²) in [6, 6.07) is 20.4. The Morgan fingerprint density at radius 2 is 1.85 bits per heavy atom. The number of nitrogens with zero attached hydrogens (tertiary/aromatic N) is 3. The van der Waals surface area contributed by atoms with Crippen molar-refractivity contribution in [1.29, 1.82) is 0 Å². The molecule has 138 valence electrons. The second-order valence-electron chi connectivity index (χ2n) is 6.54. The summed E-state index contributed by atoms with van der Waals surface area (Å²) in [5.74, 6) is 0. The Morgan fingerprint density at radius 1 is 1.04 bits per heavy atom. The molecule has 2 N–H and O–H groups in total. The molecule has 0 unspecified atom stereocenters. The number of aromatic nitrogens is 2. The van der Waals surface area contributed by atoms with Crippen LogP contribution in [-0.2, 0) is 0 Å². The van der Waals surface area contributed by atoms with Crippen LogP contribution in [0, 0.1) is 0 Å². The summed E-state index contributed by atoms with van der Waals surface area (Å²) in [4.78, 5) is 6.73. The zero-order chi connectivity index (χ0) is 18.6. The third-order valence-electron chi connectivity index (χ3n) is 4.87. The SMILES string of the molecule is OCCCN1C(=S)N[C@@H](c2ccccn2)[C@@H]1c1cccn1-c1ccccc1. The van der Waals surface area contributed by atoms with Gasteiger partial charge in [-0.2, -0.15) is 0 Å². The summed E-state index contributed by atoms with van der Waals surface area (Å²) in [6.45, 7) is 0.829. The van der Waals surface area contributed by atoms with Crippen LogP contribution in [0.25, 0.3) is 5.69 Å². The first-order valence-corrected chi connectivity index (χ1v) is 9.52. The normalized spacial score (nSPS) is 19.3. The van der Waals surface area contributed by atoms with Crippen molar-refractivity contribution in [3.8, 4) is 5.69 Å². The Hall–Kier alpha value is -2.70. The van der Waals surface area contributed by atoms with Crippen LogP contribution < -0.4 is 5.32 Å². The number of benzene rings is 1. The molecule has 2 atom stereocenters. The lowest BCUT2D eigenvalue weighted by Crippen LogP contribution is -2.31. The van der Waals surface area contributed by atoms with Gasteiger partial charge in [-0.25, -0.2) is 0 Å². The third kappa shape index (κ3) is 3.46. The summed E-state index contributed by atoms with van der Waals surface area (Å²) in [6.07, 6.45) is 4.55. The van der Waals surface area contributed by atoms with Crippen molar-refractivity contribution >= 4 is 17.3 Å². The summed E-state index contributed by atoms with van der Waals surface area (Å²) >= 11 is 5.64. The van der Waals surface area contributed by atoms with Crippen LogP contribution in [0.15, 0.2) is 73.1 Å². The molecular formula is C21H22N4OS. The fraction of sp³-hybridized carbons (Fsp3) is 0.238. The molecule has 1 saturated heterocycles. The van der Waals surface area contributed by atoms with Crippen molar-refractivity contribution in [2.75, 3.05) is 13.2 Å². The maximum Gasteiger partial charge on any atom is 0.170 e. The predicted octanol–water partition coefficient (Wildman–Crippen LogP) is 3.23. The van der Waals surface area contributed by atoms with Crippen molar-refractivity contribution in [2.45, 2.75) is 18.5 Å². The Labute approximate surface area is 164 Å². The molecule has 4 rings (SSSR count). The van der Waals surface area contributed by atoms with Gasteiger partial charge in [-0.05, 0) is 55.0 Å². The van der Waals surface area contributed by atoms with E-state index < -0.39 is 0 Å². The molecule has 1 aromatic carbocycles. The molecule has 2 aromatic heterocycles. The molecule has 0 radical (unpaired) electrons. The number of thiocarbonyl (C=S) groups is 1. The van der Waals surface area contributed by atoms with Crippen LogP contribution in [0.3, 0.4) is 0 Å². The van der Waals surface area contributed by atoms with Crippen molar-refractivity contribution in [2.24, 2.45) is 0 Å². The van der Waals surface area contributed by atoms with Gasteiger partial charge >= 0.3 is 0 Å². The van der Waals surface area contributed by atoms with Crippen LogP contribution in [0.1, 0.15) is 29.9 Å². The van der Waals surface area contributed by atoms with Crippen molar-refractivity contribution in [3.05, 3.63) is 84.4 Å². The Bertz CT molecular complexity index is 897. The maximum absolute atomic E-state index is 9.34. The number of pyridine rings is 1. The van der Waals surface area contributed by atoms with Crippen molar-refractivity contribution < 1.29 is 5.11 Å². The molecular weight excluding hydrogens is 356 g/mol. The zero-order valence-electron chi connectivity index (χ0n) is 14.9. The van der Waals surface area contributed by atoms with Gasteiger partial charge in [0.05, 0.1) is 17.8 Å². The van der Waals surface area contributed by atoms with E-state index in [1.165, 1.54) is 0 Å². The minimum atomic E-state index is -0.0465. The van der Waals surface area contributed by atoms with E-state index in [2.05, 4.69) is 50.2 Å². The number of aliphatic hydroxyl groups excluding tert-OH is 1. The second kappa shape index (κ2) is 7.90. The molecule has 5 nitrogen and oxygen atoms in total. The minimum Gasteiger partial charge on any atom is -0.396 e. The third-order valence-corrected chi connectivity index (χ3v) is 5.22. The van der Waals surface area contributed by atoms with E-state index in [1.54, 1.807) is 0 Å². The minimum absolute atomic E-state index is 0.00541. The Morgan fingerprint density at radius 3 is 2.59 bits per heavy atom. The van der Waals surface area contributed by atoms with Gasteiger partial charge in [0.25, 0.3) is 0 Å². The van der Waals surface area contributed by atoms with Crippen LogP contribution in [0.2, 0.25) is 0 Å². The van der Waals surface area contributed by atoms with Crippen LogP contribution in [0.4, 0.5) is 0 Å². The zero-order valence-corrected chi connectivity index (χ0v) is 15.7. The topological polar surface area (TPSA) is 53.3 Å². The molecule has 27 heavy (non-hydrogen) atoms. The lowest BCUT2D eigenvalue weighted by molar-refractivity contribution is 0.245. The molecule has 0 aliphatic carbocycles. The van der Waals surface area contributed by atoms with Gasteiger partial charge in [-0.3, -0.25) is 4.98 Å². The molecule has 3 aromatic rings. The van der Waals surface area contributed by atoms with Crippen LogP contribution in [-0.4, -0.2) is 37.8 Å². The lowest BCUT2D eigenvalue weighted by atomic mass is 10.0. The van der Waals surface area contributed by atoms with Crippen LogP contribution in [0.5, 0.6) is 0 Å². The van der Waals surface area contributed by atoms with E-state index in [1.807, 2.05) is 42.6 Å². The molecule has 6 heteroatoms.